The lowest BCUT2D eigenvalue weighted by Crippen LogP contribution is -2.30. The third kappa shape index (κ3) is 4.61. The lowest BCUT2D eigenvalue weighted by molar-refractivity contribution is 0.0824. The molecule has 0 spiro atoms. The van der Waals surface area contributed by atoms with Gasteiger partial charge in [0, 0.05) is 20.1 Å². The van der Waals surface area contributed by atoms with Crippen LogP contribution in [0.3, 0.4) is 0 Å². The molecule has 156 valence electrons. The molecular formula is C20H27N5O4. The molecule has 2 aromatic rings. The number of phenols is 1. The van der Waals surface area contributed by atoms with E-state index in [9.17, 15) is 19.5 Å². The molecule has 1 heterocycles. The van der Waals surface area contributed by atoms with Crippen LogP contribution in [0.25, 0.3) is 0 Å². The van der Waals surface area contributed by atoms with Crippen LogP contribution < -0.4 is 21.8 Å². The highest BCUT2D eigenvalue weighted by Crippen LogP contribution is 2.31. The van der Waals surface area contributed by atoms with Crippen LogP contribution in [0.5, 0.6) is 5.75 Å². The first-order chi connectivity index (χ1) is 13.9. The number of nitrogens with one attached hydrogen (secondary N) is 4. The molecule has 0 atom stereocenters. The number of H-pyrrole nitrogens is 2. The summed E-state index contributed by atoms with van der Waals surface area (Å²) >= 11 is 0. The van der Waals surface area contributed by atoms with Gasteiger partial charge in [0.15, 0.2) is 5.75 Å². The highest BCUT2D eigenvalue weighted by Gasteiger charge is 2.21. The van der Waals surface area contributed by atoms with Gasteiger partial charge in [0.25, 0.3) is 17.0 Å². The Bertz CT molecular complexity index is 987. The zero-order valence-corrected chi connectivity index (χ0v) is 16.7. The van der Waals surface area contributed by atoms with E-state index in [4.69, 9.17) is 0 Å². The van der Waals surface area contributed by atoms with Crippen molar-refractivity contribution < 1.29 is 9.90 Å². The third-order valence-corrected chi connectivity index (χ3v) is 5.13. The topological polar surface area (TPSA) is 130 Å². The fraction of sp³-hybridized carbons (Fsp3) is 0.450. The number of hydrogen-bond donors (Lipinski definition) is 5. The van der Waals surface area contributed by atoms with Crippen molar-refractivity contribution in [2.75, 3.05) is 24.7 Å². The summed E-state index contributed by atoms with van der Waals surface area (Å²) in [5.74, 6) is -0.658. The second-order valence-corrected chi connectivity index (χ2v) is 7.52. The molecule has 1 saturated carbocycles. The summed E-state index contributed by atoms with van der Waals surface area (Å²) < 4.78 is 0. The molecule has 1 aromatic heterocycles. The minimum Gasteiger partial charge on any atom is -0.505 e. The normalized spacial score (nSPS) is 14.8. The fourth-order valence-corrected chi connectivity index (χ4v) is 3.54. The van der Waals surface area contributed by atoms with Gasteiger partial charge < -0.3 is 20.6 Å². The quantitative estimate of drug-likeness (QED) is 0.386. The number of nitrogens with zero attached hydrogens (tertiary/aromatic N) is 1. The SMILES string of the molecule is CN(C)C(=O)c1cccc(Nc2c(NC3CCCCCC3)c(=O)[nH][nH]c2=O)c1O. The molecule has 9 heteroatoms. The van der Waals surface area contributed by atoms with Crippen LogP contribution in [0.1, 0.15) is 48.9 Å². The molecular weight excluding hydrogens is 374 g/mol. The number of aromatic nitrogens is 2. The minimum absolute atomic E-state index is 0.00255. The second-order valence-electron chi connectivity index (χ2n) is 7.52. The van der Waals surface area contributed by atoms with Crippen LogP contribution in [0.2, 0.25) is 0 Å². The molecule has 3 rings (SSSR count). The minimum atomic E-state index is -0.538. The maximum atomic E-state index is 12.5. The standard InChI is InChI=1S/C20H27N5O4/c1-25(2)20(29)13-10-7-11-14(17(13)26)22-16-15(18(27)23-24-19(16)28)21-12-8-5-3-4-6-9-12/h7,10-12,26H,3-6,8-9H2,1-2H3,(H2,21,24,28)(H2,22,23,27). The Hall–Kier alpha value is -3.23. The summed E-state index contributed by atoms with van der Waals surface area (Å²) in [5, 5.41) is 21.2. The smallest absolute Gasteiger partial charge is 0.288 e. The maximum absolute atomic E-state index is 12.5. The summed E-state index contributed by atoms with van der Waals surface area (Å²) in [5.41, 5.74) is -0.606. The van der Waals surface area contributed by atoms with E-state index in [2.05, 4.69) is 20.8 Å². The molecule has 9 nitrogen and oxygen atoms in total. The molecule has 0 radical (unpaired) electrons. The molecule has 29 heavy (non-hydrogen) atoms. The van der Waals surface area contributed by atoms with E-state index in [-0.39, 0.29) is 40.3 Å². The van der Waals surface area contributed by atoms with Crippen molar-refractivity contribution in [3.8, 4) is 5.75 Å². The lowest BCUT2D eigenvalue weighted by atomic mass is 10.1. The Morgan fingerprint density at radius 3 is 2.28 bits per heavy atom. The first-order valence-electron chi connectivity index (χ1n) is 9.80. The van der Waals surface area contributed by atoms with E-state index >= 15 is 0 Å². The number of phenolic OH excluding ortho intramolecular Hbond substituents is 1. The first-order valence-corrected chi connectivity index (χ1v) is 9.80. The number of carbonyl (C=O) groups is 1. The zero-order valence-electron chi connectivity index (χ0n) is 16.7. The highest BCUT2D eigenvalue weighted by atomic mass is 16.3. The Morgan fingerprint density at radius 2 is 1.66 bits per heavy atom. The number of aromatic amines is 2. The largest absolute Gasteiger partial charge is 0.505 e. The predicted molar refractivity (Wildman–Crippen MR) is 112 cm³/mol. The summed E-state index contributed by atoms with van der Waals surface area (Å²) in [7, 11) is 3.16. The van der Waals surface area contributed by atoms with Crippen molar-refractivity contribution in [2.45, 2.75) is 44.6 Å². The van der Waals surface area contributed by atoms with E-state index in [1.807, 2.05) is 0 Å². The second kappa shape index (κ2) is 8.85. The van der Waals surface area contributed by atoms with Crippen molar-refractivity contribution >= 4 is 23.0 Å². The number of anilines is 3. The van der Waals surface area contributed by atoms with Crippen LogP contribution in [-0.2, 0) is 0 Å². The molecule has 0 saturated heterocycles. The van der Waals surface area contributed by atoms with Crippen molar-refractivity contribution in [2.24, 2.45) is 0 Å². The van der Waals surface area contributed by atoms with Gasteiger partial charge in [0.05, 0.1) is 11.3 Å². The van der Waals surface area contributed by atoms with Crippen LogP contribution in [-0.4, -0.2) is 46.2 Å². The van der Waals surface area contributed by atoms with Crippen LogP contribution in [0.15, 0.2) is 27.8 Å². The molecule has 0 unspecified atom stereocenters. The third-order valence-electron chi connectivity index (χ3n) is 5.13. The Morgan fingerprint density at radius 1 is 1.03 bits per heavy atom. The van der Waals surface area contributed by atoms with Gasteiger partial charge >= 0.3 is 0 Å². The van der Waals surface area contributed by atoms with Crippen molar-refractivity contribution in [3.05, 3.63) is 44.5 Å². The maximum Gasteiger partial charge on any atom is 0.288 e. The van der Waals surface area contributed by atoms with Crippen molar-refractivity contribution in [1.29, 1.82) is 0 Å². The molecule has 0 aliphatic heterocycles. The van der Waals surface area contributed by atoms with Crippen molar-refractivity contribution in [3.63, 3.8) is 0 Å². The number of rotatable bonds is 5. The number of carbonyl (C=O) groups excluding carboxylic acids is 1. The van der Waals surface area contributed by atoms with Crippen LogP contribution in [0, 0.1) is 0 Å². The van der Waals surface area contributed by atoms with E-state index in [1.54, 1.807) is 20.2 Å². The van der Waals surface area contributed by atoms with E-state index < -0.39 is 11.1 Å². The summed E-state index contributed by atoms with van der Waals surface area (Å²) in [4.78, 5) is 38.5. The molecule has 1 aliphatic carbocycles. The summed E-state index contributed by atoms with van der Waals surface area (Å²) in [6, 6.07) is 4.72. The van der Waals surface area contributed by atoms with E-state index in [0.29, 0.717) is 0 Å². The number of hydrogen-bond acceptors (Lipinski definition) is 6. The van der Waals surface area contributed by atoms with Crippen molar-refractivity contribution in [1.82, 2.24) is 15.1 Å². The Labute approximate surface area is 168 Å². The Kier molecular flexibility index (Phi) is 6.26. The van der Waals surface area contributed by atoms with Gasteiger partial charge in [-0.05, 0) is 25.0 Å². The molecule has 5 N–H and O–H groups in total. The van der Waals surface area contributed by atoms with E-state index in [0.717, 1.165) is 38.5 Å². The Balaban J connectivity index is 1.96. The van der Waals surface area contributed by atoms with Gasteiger partial charge in [0.2, 0.25) is 0 Å². The number of aromatic hydroxyl groups is 1. The van der Waals surface area contributed by atoms with Gasteiger partial charge in [-0.25, -0.2) is 0 Å². The average molecular weight is 401 g/mol. The van der Waals surface area contributed by atoms with E-state index in [1.165, 1.54) is 17.0 Å². The summed E-state index contributed by atoms with van der Waals surface area (Å²) in [6.45, 7) is 0. The van der Waals surface area contributed by atoms with Gasteiger partial charge in [0.1, 0.15) is 11.4 Å². The number of amides is 1. The first kappa shape index (κ1) is 20.5. The predicted octanol–water partition coefficient (Wildman–Crippen LogP) is 2.35. The van der Waals surface area contributed by atoms with Gasteiger partial charge in [-0.15, -0.1) is 0 Å². The molecule has 1 amide bonds. The molecule has 1 aliphatic rings. The summed E-state index contributed by atoms with van der Waals surface area (Å²) in [6.07, 6.45) is 6.30. The van der Waals surface area contributed by atoms with Gasteiger partial charge in [-0.1, -0.05) is 31.7 Å². The number of para-hydroxylation sites is 1. The lowest BCUT2D eigenvalue weighted by Gasteiger charge is -2.20. The highest BCUT2D eigenvalue weighted by molar-refractivity contribution is 5.98. The molecule has 1 aromatic carbocycles. The fourth-order valence-electron chi connectivity index (χ4n) is 3.54. The monoisotopic (exact) mass is 401 g/mol. The number of benzene rings is 1. The van der Waals surface area contributed by atoms with Crippen LogP contribution >= 0.6 is 0 Å². The van der Waals surface area contributed by atoms with Gasteiger partial charge in [-0.2, -0.15) is 0 Å². The van der Waals surface area contributed by atoms with Gasteiger partial charge in [-0.3, -0.25) is 24.6 Å². The average Bonchev–Trinajstić information content (AvgIpc) is 2.96. The molecule has 1 fully saturated rings. The van der Waals surface area contributed by atoms with Crippen LogP contribution in [0.4, 0.5) is 17.1 Å². The zero-order chi connectivity index (χ0) is 21.0. The molecule has 0 bridgehead atoms.